The maximum Gasteiger partial charge on any atom is 0.0978 e. The molecule has 52 heavy (non-hydrogen) atoms. The number of hydrogen-bond acceptors (Lipinski definition) is 2. The number of fused-ring (bicyclic) bond motifs is 3. The second kappa shape index (κ2) is 13.2. The maximum atomic E-state index is 5.55. The molecule has 9 aromatic rings. The predicted molar refractivity (Wildman–Crippen MR) is 219 cm³/mol. The second-order valence-corrected chi connectivity index (χ2v) is 13.4. The molecule has 0 atom stereocenters. The van der Waals surface area contributed by atoms with Crippen molar-refractivity contribution in [2.75, 3.05) is 0 Å². The van der Waals surface area contributed by atoms with E-state index in [4.69, 9.17) is 9.97 Å². The van der Waals surface area contributed by atoms with E-state index in [1.54, 1.807) is 0 Å². The molecule has 0 N–H and O–H groups in total. The van der Waals surface area contributed by atoms with Crippen LogP contribution in [0.2, 0.25) is 0 Å². The van der Waals surface area contributed by atoms with Crippen LogP contribution >= 0.6 is 0 Å². The summed E-state index contributed by atoms with van der Waals surface area (Å²) >= 11 is 0. The highest BCUT2D eigenvalue weighted by Crippen LogP contribution is 2.41. The predicted octanol–water partition coefficient (Wildman–Crippen LogP) is 13.4. The highest BCUT2D eigenvalue weighted by atomic mass is 14.8. The topological polar surface area (TPSA) is 25.8 Å². The van der Waals surface area contributed by atoms with Crippen molar-refractivity contribution in [3.05, 3.63) is 193 Å². The second-order valence-electron chi connectivity index (χ2n) is 13.4. The Kier molecular flexibility index (Phi) is 7.98. The van der Waals surface area contributed by atoms with Gasteiger partial charge in [0.05, 0.1) is 22.4 Å². The Morgan fingerprint density at radius 3 is 0.942 bits per heavy atom. The molecule has 2 heteroatoms. The number of benzene rings is 7. The number of aromatic nitrogens is 2. The fraction of sp³-hybridized carbons (Fsp3) is 0.0400. The van der Waals surface area contributed by atoms with Crippen molar-refractivity contribution in [1.82, 2.24) is 9.97 Å². The molecule has 246 valence electrons. The van der Waals surface area contributed by atoms with Gasteiger partial charge in [-0.3, -0.25) is 0 Å². The zero-order chi connectivity index (χ0) is 35.0. The first-order valence-corrected chi connectivity index (χ1v) is 17.8. The van der Waals surface area contributed by atoms with Gasteiger partial charge in [0, 0.05) is 21.9 Å². The van der Waals surface area contributed by atoms with Crippen LogP contribution in [0.3, 0.4) is 0 Å². The first kappa shape index (κ1) is 31.3. The zero-order valence-electron chi connectivity index (χ0n) is 29.2. The zero-order valence-corrected chi connectivity index (χ0v) is 29.2. The summed E-state index contributed by atoms with van der Waals surface area (Å²) in [5, 5.41) is 2.16. The van der Waals surface area contributed by atoms with E-state index in [0.717, 1.165) is 66.6 Å². The summed E-state index contributed by atoms with van der Waals surface area (Å²) in [6.45, 7) is 4.42. The van der Waals surface area contributed by atoms with Crippen LogP contribution in [0.15, 0.2) is 182 Å². The molecule has 9 rings (SSSR count). The van der Waals surface area contributed by atoms with Crippen LogP contribution < -0.4 is 0 Å². The van der Waals surface area contributed by atoms with Gasteiger partial charge in [-0.2, -0.15) is 0 Å². The summed E-state index contributed by atoms with van der Waals surface area (Å²) in [5.74, 6) is 0. The fourth-order valence-corrected chi connectivity index (χ4v) is 7.65. The summed E-state index contributed by atoms with van der Waals surface area (Å²) in [7, 11) is 0. The van der Waals surface area contributed by atoms with E-state index in [-0.39, 0.29) is 0 Å². The van der Waals surface area contributed by atoms with E-state index in [9.17, 15) is 0 Å². The third kappa shape index (κ3) is 5.55. The lowest BCUT2D eigenvalue weighted by atomic mass is 9.91. The van der Waals surface area contributed by atoms with Crippen LogP contribution in [0.5, 0.6) is 0 Å². The van der Waals surface area contributed by atoms with Crippen LogP contribution in [0, 0.1) is 13.8 Å². The molecule has 2 heterocycles. The molecule has 2 aromatic heterocycles. The minimum absolute atomic E-state index is 0.897. The van der Waals surface area contributed by atoms with E-state index in [1.807, 2.05) is 0 Å². The van der Waals surface area contributed by atoms with Crippen molar-refractivity contribution in [3.8, 4) is 67.0 Å². The molecule has 0 fully saturated rings. The van der Waals surface area contributed by atoms with Gasteiger partial charge in [0.1, 0.15) is 0 Å². The Morgan fingerprint density at radius 1 is 0.288 bits per heavy atom. The molecule has 0 unspecified atom stereocenters. The molecule has 0 aliphatic carbocycles. The first-order chi connectivity index (χ1) is 25.6. The third-order valence-corrected chi connectivity index (χ3v) is 10.3. The molecule has 2 nitrogen and oxygen atoms in total. The summed E-state index contributed by atoms with van der Waals surface area (Å²) in [5.41, 5.74) is 17.7. The molecule has 7 aromatic carbocycles. The van der Waals surface area contributed by atoms with Crippen molar-refractivity contribution < 1.29 is 0 Å². The van der Waals surface area contributed by atoms with Crippen LogP contribution in [0.1, 0.15) is 11.1 Å². The largest absolute Gasteiger partial charge is 0.245 e. The lowest BCUT2D eigenvalue weighted by Gasteiger charge is -2.18. The Hall–Kier alpha value is -6.64. The lowest BCUT2D eigenvalue weighted by Crippen LogP contribution is -1.97. The van der Waals surface area contributed by atoms with Gasteiger partial charge in [0.2, 0.25) is 0 Å². The first-order valence-electron chi connectivity index (χ1n) is 17.8. The number of pyridine rings is 2. The van der Waals surface area contributed by atoms with Crippen LogP contribution in [0.4, 0.5) is 0 Å². The van der Waals surface area contributed by atoms with Gasteiger partial charge >= 0.3 is 0 Å². The molecule has 0 spiro atoms. The Labute approximate surface area is 304 Å². The Bertz CT molecular complexity index is 2530. The normalized spacial score (nSPS) is 11.3. The van der Waals surface area contributed by atoms with Crippen molar-refractivity contribution in [2.24, 2.45) is 0 Å². The summed E-state index contributed by atoms with van der Waals surface area (Å²) in [6.07, 6.45) is 0. The maximum absolute atomic E-state index is 5.55. The van der Waals surface area contributed by atoms with Gasteiger partial charge in [-0.1, -0.05) is 170 Å². The van der Waals surface area contributed by atoms with E-state index in [0.29, 0.717) is 0 Å². The monoisotopic (exact) mass is 664 g/mol. The minimum atomic E-state index is 0.897. The van der Waals surface area contributed by atoms with Gasteiger partial charge in [0.15, 0.2) is 0 Å². The Morgan fingerprint density at radius 2 is 0.596 bits per heavy atom. The smallest absolute Gasteiger partial charge is 0.0978 e. The summed E-state index contributed by atoms with van der Waals surface area (Å²) < 4.78 is 0. The average molecular weight is 665 g/mol. The third-order valence-electron chi connectivity index (χ3n) is 10.3. The van der Waals surface area contributed by atoms with Gasteiger partial charge in [-0.25, -0.2) is 9.97 Å². The number of hydrogen-bond donors (Lipinski definition) is 0. The van der Waals surface area contributed by atoms with Crippen molar-refractivity contribution in [3.63, 3.8) is 0 Å². The molecule has 0 bridgehead atoms. The molecule has 0 saturated heterocycles. The molecule has 0 radical (unpaired) electrons. The molecular formula is C50H36N2. The van der Waals surface area contributed by atoms with E-state index in [1.165, 1.54) is 33.4 Å². The van der Waals surface area contributed by atoms with E-state index in [2.05, 4.69) is 196 Å². The standard InChI is InChI=1S/C50H36N2/c1-33-39(35-17-7-3-8-18-35)25-15-27-41(33)47-31-45(37-21-11-5-12-22-37)43-29-30-44-46(38-23-13-6-14-24-38)32-48(52-50(44)49(43)51-47)42-28-16-26-40(34(42)2)36-19-9-4-10-20-36/h3-32H,1-2H3. The highest BCUT2D eigenvalue weighted by Gasteiger charge is 2.19. The lowest BCUT2D eigenvalue weighted by molar-refractivity contribution is 1.33. The van der Waals surface area contributed by atoms with Crippen molar-refractivity contribution >= 4 is 21.8 Å². The summed E-state index contributed by atoms with van der Waals surface area (Å²) in [6, 6.07) is 64.6. The number of rotatable bonds is 6. The Balaban J connectivity index is 1.36. The quantitative estimate of drug-likeness (QED) is 0.165. The summed E-state index contributed by atoms with van der Waals surface area (Å²) in [4.78, 5) is 11.1. The van der Waals surface area contributed by atoms with Gasteiger partial charge in [-0.15, -0.1) is 0 Å². The van der Waals surface area contributed by atoms with Crippen LogP contribution in [-0.2, 0) is 0 Å². The molecular weight excluding hydrogens is 629 g/mol. The fourth-order valence-electron chi connectivity index (χ4n) is 7.65. The van der Waals surface area contributed by atoms with Crippen LogP contribution in [-0.4, -0.2) is 9.97 Å². The SMILES string of the molecule is Cc1c(-c2ccccc2)cccc1-c1cc(-c2ccccc2)c2ccc3c(-c4ccccc4)cc(-c4cccc(-c5ccccc5)c4C)nc3c2n1. The van der Waals surface area contributed by atoms with Crippen molar-refractivity contribution in [1.29, 1.82) is 0 Å². The van der Waals surface area contributed by atoms with Gasteiger partial charge < -0.3 is 0 Å². The van der Waals surface area contributed by atoms with Crippen LogP contribution in [0.25, 0.3) is 88.8 Å². The average Bonchev–Trinajstić information content (AvgIpc) is 3.21. The van der Waals surface area contributed by atoms with E-state index < -0.39 is 0 Å². The number of nitrogens with zero attached hydrogens (tertiary/aromatic N) is 2. The van der Waals surface area contributed by atoms with Gasteiger partial charge in [0.25, 0.3) is 0 Å². The van der Waals surface area contributed by atoms with Crippen molar-refractivity contribution in [2.45, 2.75) is 13.8 Å². The highest BCUT2D eigenvalue weighted by molar-refractivity contribution is 6.13. The molecule has 0 saturated carbocycles. The van der Waals surface area contributed by atoms with E-state index >= 15 is 0 Å². The molecule has 0 amide bonds. The minimum Gasteiger partial charge on any atom is -0.245 e. The molecule has 0 aliphatic heterocycles. The molecule has 0 aliphatic rings. The van der Waals surface area contributed by atoms with Gasteiger partial charge in [-0.05, 0) is 81.6 Å².